The molecule has 0 bridgehead atoms. The number of benzene rings is 2. The zero-order valence-electron chi connectivity index (χ0n) is 16.9. The van der Waals surface area contributed by atoms with E-state index >= 15 is 0 Å². The second kappa shape index (κ2) is 9.38. The normalized spacial score (nSPS) is 15.5. The van der Waals surface area contributed by atoms with E-state index in [0.717, 1.165) is 11.1 Å². The maximum absolute atomic E-state index is 12.9. The fourth-order valence-electron chi connectivity index (χ4n) is 3.46. The number of nitrogens with zero attached hydrogens (tertiary/aromatic N) is 1. The summed E-state index contributed by atoms with van der Waals surface area (Å²) in [4.78, 5) is 27.8. The molecular weight excluding hydrogens is 406 g/mol. The van der Waals surface area contributed by atoms with Gasteiger partial charge in [-0.1, -0.05) is 24.3 Å². The molecule has 1 heterocycles. The molecule has 0 spiro atoms. The first-order chi connectivity index (χ1) is 14.3. The number of carbonyl (C=O) groups excluding carboxylic acids is 2. The van der Waals surface area contributed by atoms with Crippen molar-refractivity contribution >= 4 is 27.5 Å². The minimum atomic E-state index is -3.62. The fourth-order valence-corrected chi connectivity index (χ4v) is 4.93. The first kappa shape index (κ1) is 21.9. The van der Waals surface area contributed by atoms with Crippen LogP contribution in [0.5, 0.6) is 0 Å². The second-order valence-corrected chi connectivity index (χ2v) is 9.07. The molecule has 0 aliphatic carbocycles. The van der Waals surface area contributed by atoms with Gasteiger partial charge in [-0.15, -0.1) is 0 Å². The van der Waals surface area contributed by atoms with Gasteiger partial charge in [0.1, 0.15) is 0 Å². The average Bonchev–Trinajstić information content (AvgIpc) is 2.74. The van der Waals surface area contributed by atoms with Crippen molar-refractivity contribution in [1.82, 2.24) is 9.79 Å². The maximum atomic E-state index is 12.9. The van der Waals surface area contributed by atoms with Crippen molar-refractivity contribution in [2.75, 3.05) is 25.5 Å². The summed E-state index contributed by atoms with van der Waals surface area (Å²) in [5.41, 5.74) is 4.80. The lowest BCUT2D eigenvalue weighted by Gasteiger charge is -2.30. The molecule has 160 valence electrons. The Morgan fingerprint density at radius 2 is 1.50 bits per heavy atom. The molecule has 1 aliphatic heterocycles. The quantitative estimate of drug-likeness (QED) is 0.684. The second-order valence-electron chi connectivity index (χ2n) is 7.13. The number of hydroxylamine groups is 1. The summed E-state index contributed by atoms with van der Waals surface area (Å²) in [6.07, 6.45) is 0.903. The van der Waals surface area contributed by atoms with Gasteiger partial charge in [-0.25, -0.2) is 13.9 Å². The van der Waals surface area contributed by atoms with Gasteiger partial charge in [0.15, 0.2) is 0 Å². The van der Waals surface area contributed by atoms with Crippen LogP contribution in [0, 0.1) is 5.92 Å². The molecule has 9 heteroatoms. The number of carbonyl (C=O) groups is 2. The molecular formula is C21H25N3O5S. The van der Waals surface area contributed by atoms with E-state index in [2.05, 4.69) is 15.6 Å². The molecule has 2 aromatic rings. The van der Waals surface area contributed by atoms with E-state index in [-0.39, 0.29) is 35.7 Å². The van der Waals surface area contributed by atoms with Gasteiger partial charge in [0, 0.05) is 31.6 Å². The minimum Gasteiger partial charge on any atom is -0.326 e. The maximum Gasteiger partial charge on any atom is 0.246 e. The highest BCUT2D eigenvalue weighted by molar-refractivity contribution is 7.89. The summed E-state index contributed by atoms with van der Waals surface area (Å²) in [6, 6.07) is 14.0. The van der Waals surface area contributed by atoms with Crippen LogP contribution in [-0.4, -0.2) is 44.7 Å². The minimum absolute atomic E-state index is 0.138. The highest BCUT2D eigenvalue weighted by atomic mass is 32.2. The average molecular weight is 432 g/mol. The molecule has 2 aromatic carbocycles. The van der Waals surface area contributed by atoms with Crippen LogP contribution in [0.4, 0.5) is 5.69 Å². The number of hydrogen-bond acceptors (Lipinski definition) is 5. The number of nitrogens with one attached hydrogen (secondary N) is 2. The van der Waals surface area contributed by atoms with Crippen LogP contribution in [0.1, 0.15) is 19.8 Å². The standard InChI is InChI=1S/C21H25N3O5S/c1-15(25)22-19-7-3-16(4-8-19)17-5-9-20(10-6-17)30(27,28)24-13-11-18(12-14-24)21(26)23-29-2/h3-10,18H,11-14H2,1-2H3,(H,22,25)(H,23,26). The Morgan fingerprint density at radius 1 is 0.967 bits per heavy atom. The van der Waals surface area contributed by atoms with Crippen LogP contribution in [0.25, 0.3) is 11.1 Å². The van der Waals surface area contributed by atoms with Crippen molar-refractivity contribution in [3.63, 3.8) is 0 Å². The van der Waals surface area contributed by atoms with Gasteiger partial charge < -0.3 is 5.32 Å². The lowest BCUT2D eigenvalue weighted by molar-refractivity contribution is -0.136. The van der Waals surface area contributed by atoms with E-state index in [9.17, 15) is 18.0 Å². The van der Waals surface area contributed by atoms with E-state index < -0.39 is 10.0 Å². The number of hydrogen-bond donors (Lipinski definition) is 2. The van der Waals surface area contributed by atoms with Crippen molar-refractivity contribution < 1.29 is 22.8 Å². The van der Waals surface area contributed by atoms with Gasteiger partial charge in [-0.05, 0) is 48.2 Å². The third-order valence-electron chi connectivity index (χ3n) is 5.06. The van der Waals surface area contributed by atoms with Gasteiger partial charge in [0.25, 0.3) is 0 Å². The predicted octanol–water partition coefficient (Wildman–Crippen LogP) is 2.39. The molecule has 1 saturated heterocycles. The van der Waals surface area contributed by atoms with Gasteiger partial charge in [0.05, 0.1) is 12.0 Å². The van der Waals surface area contributed by atoms with Gasteiger partial charge in [0.2, 0.25) is 21.8 Å². The van der Waals surface area contributed by atoms with Crippen LogP contribution >= 0.6 is 0 Å². The van der Waals surface area contributed by atoms with Crippen LogP contribution in [0.2, 0.25) is 0 Å². The molecule has 0 unspecified atom stereocenters. The third-order valence-corrected chi connectivity index (χ3v) is 6.97. The Hall–Kier alpha value is -2.75. The first-order valence-corrected chi connectivity index (χ1v) is 11.1. The number of amides is 2. The molecule has 1 fully saturated rings. The number of piperidine rings is 1. The Bertz CT molecular complexity index is 996. The molecule has 0 atom stereocenters. The van der Waals surface area contributed by atoms with E-state index in [0.29, 0.717) is 18.5 Å². The van der Waals surface area contributed by atoms with Crippen molar-refractivity contribution in [3.05, 3.63) is 48.5 Å². The van der Waals surface area contributed by atoms with Crippen molar-refractivity contribution in [3.8, 4) is 11.1 Å². The number of anilines is 1. The van der Waals surface area contributed by atoms with Gasteiger partial charge >= 0.3 is 0 Å². The molecule has 2 N–H and O–H groups in total. The zero-order chi connectivity index (χ0) is 21.7. The van der Waals surface area contributed by atoms with Crippen LogP contribution in [-0.2, 0) is 24.4 Å². The number of sulfonamides is 1. The summed E-state index contributed by atoms with van der Waals surface area (Å²) in [6.45, 7) is 2.02. The topological polar surface area (TPSA) is 105 Å². The summed E-state index contributed by atoms with van der Waals surface area (Å²) in [5, 5.41) is 2.71. The molecule has 30 heavy (non-hydrogen) atoms. The molecule has 3 rings (SSSR count). The van der Waals surface area contributed by atoms with Crippen molar-refractivity contribution in [1.29, 1.82) is 0 Å². The summed E-state index contributed by atoms with van der Waals surface area (Å²) < 4.78 is 27.3. The highest BCUT2D eigenvalue weighted by Gasteiger charge is 2.32. The molecule has 8 nitrogen and oxygen atoms in total. The third kappa shape index (κ3) is 5.05. The van der Waals surface area contributed by atoms with Crippen molar-refractivity contribution in [2.24, 2.45) is 5.92 Å². The summed E-state index contributed by atoms with van der Waals surface area (Å²) >= 11 is 0. The van der Waals surface area contributed by atoms with Gasteiger partial charge in [-0.2, -0.15) is 4.31 Å². The predicted molar refractivity (Wildman–Crippen MR) is 113 cm³/mol. The largest absolute Gasteiger partial charge is 0.326 e. The van der Waals surface area contributed by atoms with Crippen LogP contribution in [0.3, 0.4) is 0 Å². The number of rotatable bonds is 6. The Balaban J connectivity index is 1.68. The Labute approximate surface area is 176 Å². The lowest BCUT2D eigenvalue weighted by atomic mass is 9.98. The monoisotopic (exact) mass is 431 g/mol. The van der Waals surface area contributed by atoms with E-state index in [1.54, 1.807) is 36.4 Å². The molecule has 1 aliphatic rings. The Kier molecular flexibility index (Phi) is 6.86. The SMILES string of the molecule is CONC(=O)C1CCN(S(=O)(=O)c2ccc(-c3ccc(NC(C)=O)cc3)cc2)CC1. The molecule has 0 saturated carbocycles. The first-order valence-electron chi connectivity index (χ1n) is 9.62. The van der Waals surface area contributed by atoms with E-state index in [1.807, 2.05) is 12.1 Å². The summed E-state index contributed by atoms with van der Waals surface area (Å²) in [7, 11) is -2.25. The molecule has 2 amide bonds. The lowest BCUT2D eigenvalue weighted by Crippen LogP contribution is -2.42. The van der Waals surface area contributed by atoms with Gasteiger partial charge in [-0.3, -0.25) is 14.4 Å². The smallest absolute Gasteiger partial charge is 0.246 e. The van der Waals surface area contributed by atoms with Crippen LogP contribution < -0.4 is 10.8 Å². The molecule has 0 aromatic heterocycles. The molecule has 0 radical (unpaired) electrons. The van der Waals surface area contributed by atoms with Crippen molar-refractivity contribution in [2.45, 2.75) is 24.7 Å². The summed E-state index contributed by atoms with van der Waals surface area (Å²) in [5.74, 6) is -0.608. The fraction of sp³-hybridized carbons (Fsp3) is 0.333. The zero-order valence-corrected chi connectivity index (χ0v) is 17.7. The Morgan fingerprint density at radius 3 is 2.00 bits per heavy atom. The van der Waals surface area contributed by atoms with E-state index in [4.69, 9.17) is 0 Å². The highest BCUT2D eigenvalue weighted by Crippen LogP contribution is 2.27. The van der Waals surface area contributed by atoms with E-state index in [1.165, 1.54) is 18.3 Å². The van der Waals surface area contributed by atoms with Crippen LogP contribution in [0.15, 0.2) is 53.4 Å².